The van der Waals surface area contributed by atoms with Gasteiger partial charge < -0.3 is 10.4 Å². The Labute approximate surface area is 85.9 Å². The molecule has 1 aromatic rings. The summed E-state index contributed by atoms with van der Waals surface area (Å²) in [5, 5.41) is 17.2. The van der Waals surface area contributed by atoms with E-state index in [4.69, 9.17) is 5.11 Å². The van der Waals surface area contributed by atoms with Crippen LogP contribution in [0, 0.1) is 6.92 Å². The summed E-state index contributed by atoms with van der Waals surface area (Å²) >= 11 is 0. The Morgan fingerprint density at radius 2 is 2.07 bits per heavy atom. The highest BCUT2D eigenvalue weighted by molar-refractivity contribution is 5.94. The van der Waals surface area contributed by atoms with E-state index < -0.39 is 17.4 Å². The number of amides is 1. The van der Waals surface area contributed by atoms with E-state index in [1.54, 1.807) is 6.92 Å². The minimum atomic E-state index is -1.34. The number of carboxylic acids is 1. The van der Waals surface area contributed by atoms with E-state index in [2.05, 4.69) is 20.5 Å². The third kappa shape index (κ3) is 2.52. The van der Waals surface area contributed by atoms with Crippen LogP contribution in [0.3, 0.4) is 0 Å². The van der Waals surface area contributed by atoms with E-state index in [9.17, 15) is 9.59 Å². The maximum atomic E-state index is 11.5. The second-order valence-electron chi connectivity index (χ2n) is 3.63. The molecule has 0 aliphatic rings. The third-order valence-corrected chi connectivity index (χ3v) is 1.76. The highest BCUT2D eigenvalue weighted by Gasteiger charge is 2.30. The van der Waals surface area contributed by atoms with Gasteiger partial charge in [-0.3, -0.25) is 9.89 Å². The number of aliphatic carboxylic acids is 1. The fourth-order valence-corrected chi connectivity index (χ4v) is 0.837. The maximum absolute atomic E-state index is 11.5. The minimum absolute atomic E-state index is 0.0678. The van der Waals surface area contributed by atoms with Crippen LogP contribution in [0.1, 0.15) is 30.3 Å². The van der Waals surface area contributed by atoms with Crippen molar-refractivity contribution in [3.05, 3.63) is 11.6 Å². The molecule has 1 heterocycles. The third-order valence-electron chi connectivity index (χ3n) is 1.76. The molecule has 3 N–H and O–H groups in total. The lowest BCUT2D eigenvalue weighted by Crippen LogP contribution is -2.49. The van der Waals surface area contributed by atoms with E-state index in [-0.39, 0.29) is 5.82 Å². The number of aromatic nitrogens is 3. The number of aromatic amines is 1. The van der Waals surface area contributed by atoms with Crippen LogP contribution in [0.5, 0.6) is 0 Å². The van der Waals surface area contributed by atoms with Gasteiger partial charge in [-0.25, -0.2) is 9.78 Å². The molecule has 0 saturated carbocycles. The number of H-pyrrole nitrogens is 1. The molecule has 1 rings (SSSR count). The molecular weight excluding hydrogens is 200 g/mol. The quantitative estimate of drug-likeness (QED) is 0.637. The summed E-state index contributed by atoms with van der Waals surface area (Å²) in [5.41, 5.74) is -1.34. The van der Waals surface area contributed by atoms with Crippen molar-refractivity contribution in [3.63, 3.8) is 0 Å². The number of carboxylic acid groups (broad SMARTS) is 1. The van der Waals surface area contributed by atoms with Crippen LogP contribution in [0.4, 0.5) is 0 Å². The predicted octanol–water partition coefficient (Wildman–Crippen LogP) is -0.294. The first-order valence-electron chi connectivity index (χ1n) is 4.28. The van der Waals surface area contributed by atoms with Crippen LogP contribution < -0.4 is 5.32 Å². The van der Waals surface area contributed by atoms with Crippen LogP contribution in [-0.4, -0.2) is 37.7 Å². The first-order valence-corrected chi connectivity index (χ1v) is 4.28. The number of nitrogens with zero attached hydrogens (tertiary/aromatic N) is 2. The van der Waals surface area contributed by atoms with Crippen molar-refractivity contribution in [2.45, 2.75) is 26.3 Å². The Balaban J connectivity index is 2.76. The molecule has 0 radical (unpaired) electrons. The lowest BCUT2D eigenvalue weighted by molar-refractivity contribution is -0.143. The van der Waals surface area contributed by atoms with Crippen molar-refractivity contribution in [2.24, 2.45) is 0 Å². The molecule has 0 unspecified atom stereocenters. The first kappa shape index (κ1) is 11.2. The van der Waals surface area contributed by atoms with Gasteiger partial charge in [0.2, 0.25) is 5.82 Å². The molecule has 0 bridgehead atoms. The topological polar surface area (TPSA) is 108 Å². The van der Waals surface area contributed by atoms with Crippen molar-refractivity contribution in [3.8, 4) is 0 Å². The molecular formula is C8H12N4O3. The normalized spacial score (nSPS) is 11.1. The summed E-state index contributed by atoms with van der Waals surface area (Å²) in [6.45, 7) is 4.41. The molecule has 1 amide bonds. The standard InChI is InChI=1S/C8H12N4O3/c1-4-9-5(12-11-4)6(13)10-8(2,3)7(14)15/h1-3H3,(H,10,13)(H,14,15)(H,9,11,12). The lowest BCUT2D eigenvalue weighted by Gasteiger charge is -2.19. The SMILES string of the molecule is Cc1nc(C(=O)NC(C)(C)C(=O)O)n[nH]1. The molecule has 0 spiro atoms. The summed E-state index contributed by atoms with van der Waals surface area (Å²) in [4.78, 5) is 26.0. The average molecular weight is 212 g/mol. The molecule has 0 saturated heterocycles. The summed E-state index contributed by atoms with van der Waals surface area (Å²) in [5.74, 6) is -1.31. The van der Waals surface area contributed by atoms with E-state index in [1.165, 1.54) is 13.8 Å². The molecule has 0 aliphatic heterocycles. The zero-order chi connectivity index (χ0) is 11.6. The van der Waals surface area contributed by atoms with Gasteiger partial charge in [-0.1, -0.05) is 0 Å². The largest absolute Gasteiger partial charge is 0.480 e. The molecule has 7 heteroatoms. The monoisotopic (exact) mass is 212 g/mol. The number of nitrogens with one attached hydrogen (secondary N) is 2. The second kappa shape index (κ2) is 3.68. The van der Waals surface area contributed by atoms with Crippen molar-refractivity contribution in [2.75, 3.05) is 0 Å². The number of hydrogen-bond acceptors (Lipinski definition) is 4. The van der Waals surface area contributed by atoms with Crippen LogP contribution in [0.2, 0.25) is 0 Å². The Morgan fingerprint density at radius 1 is 1.47 bits per heavy atom. The van der Waals surface area contributed by atoms with Crippen molar-refractivity contribution in [1.82, 2.24) is 20.5 Å². The van der Waals surface area contributed by atoms with Crippen molar-refractivity contribution in [1.29, 1.82) is 0 Å². The van der Waals surface area contributed by atoms with Crippen LogP contribution >= 0.6 is 0 Å². The van der Waals surface area contributed by atoms with Gasteiger partial charge in [0.15, 0.2) is 0 Å². The van der Waals surface area contributed by atoms with Gasteiger partial charge in [0.05, 0.1) is 0 Å². The lowest BCUT2D eigenvalue weighted by atomic mass is 10.1. The first-order chi connectivity index (χ1) is 6.83. The highest BCUT2D eigenvalue weighted by Crippen LogP contribution is 2.03. The number of carbonyl (C=O) groups excluding carboxylic acids is 1. The average Bonchev–Trinajstić information content (AvgIpc) is 2.50. The Bertz CT molecular complexity index is 396. The number of aryl methyl sites for hydroxylation is 1. The van der Waals surface area contributed by atoms with Gasteiger partial charge in [0, 0.05) is 0 Å². The number of rotatable bonds is 3. The smallest absolute Gasteiger partial charge is 0.328 e. The van der Waals surface area contributed by atoms with Crippen LogP contribution in [0.25, 0.3) is 0 Å². The maximum Gasteiger partial charge on any atom is 0.328 e. The van der Waals surface area contributed by atoms with Gasteiger partial charge in [-0.05, 0) is 20.8 Å². The Hall–Kier alpha value is -1.92. The molecule has 82 valence electrons. The van der Waals surface area contributed by atoms with Gasteiger partial charge >= 0.3 is 5.97 Å². The fraction of sp³-hybridized carbons (Fsp3) is 0.500. The molecule has 7 nitrogen and oxygen atoms in total. The van der Waals surface area contributed by atoms with Gasteiger partial charge in [0.25, 0.3) is 5.91 Å². The summed E-state index contributed by atoms with van der Waals surface area (Å²) in [6.07, 6.45) is 0. The Kier molecular flexibility index (Phi) is 2.74. The summed E-state index contributed by atoms with van der Waals surface area (Å²) in [7, 11) is 0. The van der Waals surface area contributed by atoms with Gasteiger partial charge in [-0.15, -0.1) is 5.10 Å². The van der Waals surface area contributed by atoms with E-state index in [1.807, 2.05) is 0 Å². The molecule has 15 heavy (non-hydrogen) atoms. The fourth-order valence-electron chi connectivity index (χ4n) is 0.837. The highest BCUT2D eigenvalue weighted by atomic mass is 16.4. The van der Waals surface area contributed by atoms with Gasteiger partial charge in [0.1, 0.15) is 11.4 Å². The minimum Gasteiger partial charge on any atom is -0.480 e. The van der Waals surface area contributed by atoms with E-state index >= 15 is 0 Å². The predicted molar refractivity (Wildman–Crippen MR) is 50.3 cm³/mol. The molecule has 0 atom stereocenters. The molecule has 0 aliphatic carbocycles. The molecule has 1 aromatic heterocycles. The van der Waals surface area contributed by atoms with E-state index in [0.29, 0.717) is 5.82 Å². The number of hydrogen-bond donors (Lipinski definition) is 3. The molecule has 0 fully saturated rings. The second-order valence-corrected chi connectivity index (χ2v) is 3.63. The zero-order valence-corrected chi connectivity index (χ0v) is 8.66. The Morgan fingerprint density at radius 3 is 2.47 bits per heavy atom. The van der Waals surface area contributed by atoms with Crippen molar-refractivity contribution < 1.29 is 14.7 Å². The molecule has 0 aromatic carbocycles. The van der Waals surface area contributed by atoms with Crippen molar-refractivity contribution >= 4 is 11.9 Å². The number of carbonyl (C=O) groups is 2. The summed E-state index contributed by atoms with van der Waals surface area (Å²) in [6, 6.07) is 0. The van der Waals surface area contributed by atoms with E-state index in [0.717, 1.165) is 0 Å². The van der Waals surface area contributed by atoms with Crippen LogP contribution in [-0.2, 0) is 4.79 Å². The summed E-state index contributed by atoms with van der Waals surface area (Å²) < 4.78 is 0. The van der Waals surface area contributed by atoms with Crippen LogP contribution in [0.15, 0.2) is 0 Å². The van der Waals surface area contributed by atoms with Gasteiger partial charge in [-0.2, -0.15) is 0 Å². The zero-order valence-electron chi connectivity index (χ0n) is 8.66.